The van der Waals surface area contributed by atoms with Gasteiger partial charge in [-0.1, -0.05) is 6.07 Å². The third-order valence-corrected chi connectivity index (χ3v) is 2.74. The Kier molecular flexibility index (Phi) is 4.64. The molecule has 1 rings (SSSR count). The molecule has 0 saturated heterocycles. The molecule has 0 radical (unpaired) electrons. The Bertz CT molecular complexity index is 623. The van der Waals surface area contributed by atoms with Crippen molar-refractivity contribution >= 4 is 17.6 Å². The average molecular weight is 347 g/mol. The minimum atomic E-state index is -6.36. The maximum absolute atomic E-state index is 13.8. The van der Waals surface area contributed by atoms with Crippen LogP contribution in [0.4, 0.5) is 36.4 Å². The maximum atomic E-state index is 13.8. The number of rotatable bonds is 3. The van der Waals surface area contributed by atoms with Gasteiger partial charge in [0.2, 0.25) is 5.91 Å². The number of benzene rings is 1. The second-order valence-electron chi connectivity index (χ2n) is 4.40. The van der Waals surface area contributed by atoms with Gasteiger partial charge < -0.3 is 10.4 Å². The van der Waals surface area contributed by atoms with Crippen molar-refractivity contribution in [2.24, 2.45) is 0 Å². The molecular weight excluding hydrogens is 339 g/mol. The van der Waals surface area contributed by atoms with Gasteiger partial charge in [-0.3, -0.25) is 4.79 Å². The summed E-state index contributed by atoms with van der Waals surface area (Å²) in [6.07, 6.45) is -12.7. The Morgan fingerprint density at radius 1 is 1.00 bits per heavy atom. The first-order chi connectivity index (χ1) is 10.2. The second-order valence-corrected chi connectivity index (χ2v) is 4.40. The zero-order valence-electron chi connectivity index (χ0n) is 11.1. The van der Waals surface area contributed by atoms with Gasteiger partial charge in [0.15, 0.2) is 0 Å². The van der Waals surface area contributed by atoms with Crippen LogP contribution in [0, 0.1) is 0 Å². The third-order valence-electron chi connectivity index (χ3n) is 2.74. The van der Waals surface area contributed by atoms with E-state index in [9.17, 15) is 40.3 Å². The number of anilines is 1. The fraction of sp³-hybridized carbons (Fsp3) is 0.333. The molecule has 128 valence electrons. The smallest absolute Gasteiger partial charge is 0.435 e. The summed E-state index contributed by atoms with van der Waals surface area (Å²) in [5.41, 5.74) is -9.39. The summed E-state index contributed by atoms with van der Waals surface area (Å²) in [5, 5.41) is 10.7. The number of amides is 1. The first kappa shape index (κ1) is 18.7. The molecule has 0 saturated carbocycles. The minimum Gasteiger partial charge on any atom is -0.478 e. The Morgan fingerprint density at radius 2 is 1.48 bits per heavy atom. The summed E-state index contributed by atoms with van der Waals surface area (Å²) >= 11 is 0. The molecule has 0 bridgehead atoms. The molecule has 0 spiro atoms. The predicted octanol–water partition coefficient (Wildman–Crippen LogP) is 3.63. The molecule has 0 fully saturated rings. The van der Waals surface area contributed by atoms with E-state index in [2.05, 4.69) is 0 Å². The molecule has 11 heteroatoms. The number of carboxylic acids is 1. The quantitative estimate of drug-likeness (QED) is 0.821. The van der Waals surface area contributed by atoms with Gasteiger partial charge in [0.1, 0.15) is 0 Å². The lowest BCUT2D eigenvalue weighted by molar-refractivity contribution is -0.348. The average Bonchev–Trinajstić information content (AvgIpc) is 2.34. The number of carbonyl (C=O) groups is 2. The molecule has 0 heterocycles. The van der Waals surface area contributed by atoms with E-state index in [0.29, 0.717) is 6.07 Å². The highest BCUT2D eigenvalue weighted by atomic mass is 19.4. The number of hydrogen-bond acceptors (Lipinski definition) is 2. The Balaban J connectivity index is 3.62. The molecule has 1 amide bonds. The van der Waals surface area contributed by atoms with E-state index in [0.717, 1.165) is 6.92 Å². The molecule has 1 aromatic carbocycles. The van der Waals surface area contributed by atoms with Gasteiger partial charge >= 0.3 is 24.0 Å². The molecule has 4 nitrogen and oxygen atoms in total. The van der Waals surface area contributed by atoms with Gasteiger partial charge in [-0.15, -0.1) is 0 Å². The van der Waals surface area contributed by atoms with Crippen LogP contribution in [0.25, 0.3) is 0 Å². The molecule has 0 aromatic heterocycles. The molecule has 0 aliphatic heterocycles. The number of nitrogens with one attached hydrogen (secondary N) is 1. The summed E-state index contributed by atoms with van der Waals surface area (Å²) in [4.78, 5) is 21.8. The Hall–Kier alpha value is -2.33. The van der Waals surface area contributed by atoms with Crippen LogP contribution in [0.1, 0.15) is 22.8 Å². The summed E-state index contributed by atoms with van der Waals surface area (Å²) in [5.74, 6) is -2.76. The van der Waals surface area contributed by atoms with Crippen molar-refractivity contribution in [3.63, 3.8) is 0 Å². The van der Waals surface area contributed by atoms with Gasteiger partial charge in [-0.25, -0.2) is 9.18 Å². The van der Waals surface area contributed by atoms with Crippen LogP contribution in [-0.2, 0) is 10.5 Å². The van der Waals surface area contributed by atoms with Crippen molar-refractivity contribution < 1.29 is 45.4 Å². The number of alkyl halides is 7. The zero-order valence-corrected chi connectivity index (χ0v) is 11.1. The van der Waals surface area contributed by atoms with Crippen LogP contribution in [0.3, 0.4) is 0 Å². The lowest BCUT2D eigenvalue weighted by Gasteiger charge is -2.30. The molecule has 0 atom stereocenters. The van der Waals surface area contributed by atoms with E-state index in [1.54, 1.807) is 0 Å². The molecule has 2 N–H and O–H groups in total. The largest absolute Gasteiger partial charge is 0.478 e. The van der Waals surface area contributed by atoms with Crippen LogP contribution < -0.4 is 5.32 Å². The van der Waals surface area contributed by atoms with Crippen LogP contribution >= 0.6 is 0 Å². The standard InChI is InChI=1S/C12H8F7NO3/c1-5(21)20-8-3-2-6(4-7(8)9(22)23)10(13,11(14,15)16)12(17,18)19/h2-4H,1H3,(H,20,21)(H,22,23). The van der Waals surface area contributed by atoms with Crippen LogP contribution in [-0.4, -0.2) is 29.3 Å². The molecule has 1 aromatic rings. The van der Waals surface area contributed by atoms with Gasteiger partial charge in [0, 0.05) is 12.5 Å². The molecule has 0 aliphatic carbocycles. The van der Waals surface area contributed by atoms with Crippen LogP contribution in [0.2, 0.25) is 0 Å². The number of hydrogen-bond donors (Lipinski definition) is 2. The van der Waals surface area contributed by atoms with E-state index >= 15 is 0 Å². The number of carboxylic acid groups (broad SMARTS) is 1. The molecule has 0 aliphatic rings. The normalized spacial score (nSPS) is 12.9. The van der Waals surface area contributed by atoms with Crippen LogP contribution in [0.15, 0.2) is 18.2 Å². The summed E-state index contributed by atoms with van der Waals surface area (Å²) in [6.45, 7) is 0.935. The highest BCUT2D eigenvalue weighted by Gasteiger charge is 2.73. The van der Waals surface area contributed by atoms with Crippen molar-refractivity contribution in [3.05, 3.63) is 29.3 Å². The first-order valence-corrected chi connectivity index (χ1v) is 5.69. The van der Waals surface area contributed by atoms with E-state index in [-0.39, 0.29) is 12.1 Å². The number of aromatic carboxylic acids is 1. The monoisotopic (exact) mass is 347 g/mol. The SMILES string of the molecule is CC(=O)Nc1ccc(C(F)(C(F)(F)F)C(F)(F)F)cc1C(=O)O. The zero-order chi connectivity index (χ0) is 18.2. The molecule has 23 heavy (non-hydrogen) atoms. The van der Waals surface area contributed by atoms with Crippen molar-refractivity contribution in [1.82, 2.24) is 0 Å². The predicted molar refractivity (Wildman–Crippen MR) is 62.6 cm³/mol. The first-order valence-electron chi connectivity index (χ1n) is 5.69. The van der Waals surface area contributed by atoms with Gasteiger partial charge in [0.25, 0.3) is 0 Å². The Morgan fingerprint density at radius 3 is 1.83 bits per heavy atom. The van der Waals surface area contributed by atoms with Crippen LogP contribution in [0.5, 0.6) is 0 Å². The summed E-state index contributed by atoms with van der Waals surface area (Å²) in [6, 6.07) is 0.444. The number of carbonyl (C=O) groups excluding carboxylic acids is 1. The van der Waals surface area contributed by atoms with E-state index in [4.69, 9.17) is 5.11 Å². The van der Waals surface area contributed by atoms with Crippen molar-refractivity contribution in [2.45, 2.75) is 24.9 Å². The highest BCUT2D eigenvalue weighted by Crippen LogP contribution is 2.53. The minimum absolute atomic E-state index is 0.110. The van der Waals surface area contributed by atoms with E-state index in [1.807, 2.05) is 5.32 Å². The Labute approximate surface area is 123 Å². The highest BCUT2D eigenvalue weighted by molar-refractivity contribution is 6.00. The fourth-order valence-electron chi connectivity index (χ4n) is 1.72. The van der Waals surface area contributed by atoms with E-state index in [1.165, 1.54) is 0 Å². The van der Waals surface area contributed by atoms with Gasteiger partial charge in [-0.2, -0.15) is 26.3 Å². The maximum Gasteiger partial charge on any atom is 0.435 e. The molecular formula is C12H8F7NO3. The third kappa shape index (κ3) is 3.37. The van der Waals surface area contributed by atoms with Crippen molar-refractivity contribution in [2.75, 3.05) is 5.32 Å². The van der Waals surface area contributed by atoms with Gasteiger partial charge in [0.05, 0.1) is 11.3 Å². The molecule has 0 unspecified atom stereocenters. The van der Waals surface area contributed by atoms with Gasteiger partial charge in [-0.05, 0) is 12.1 Å². The topological polar surface area (TPSA) is 66.4 Å². The van der Waals surface area contributed by atoms with Crippen molar-refractivity contribution in [1.29, 1.82) is 0 Å². The second kappa shape index (κ2) is 5.70. The summed E-state index contributed by atoms with van der Waals surface area (Å²) in [7, 11) is 0. The number of halogens is 7. The summed E-state index contributed by atoms with van der Waals surface area (Å²) < 4.78 is 89.5. The lowest BCUT2D eigenvalue weighted by atomic mass is 9.92. The van der Waals surface area contributed by atoms with Crippen molar-refractivity contribution in [3.8, 4) is 0 Å². The van der Waals surface area contributed by atoms with E-state index < -0.39 is 46.7 Å². The fourth-order valence-corrected chi connectivity index (χ4v) is 1.72. The lowest BCUT2D eigenvalue weighted by Crippen LogP contribution is -2.50.